The molecule has 1 heterocycles. The number of nitrogens with zero attached hydrogens (tertiary/aromatic N) is 3. The zero-order valence-electron chi connectivity index (χ0n) is 11.7. The van der Waals surface area contributed by atoms with Crippen LogP contribution in [0.15, 0.2) is 36.7 Å². The van der Waals surface area contributed by atoms with E-state index in [0.717, 1.165) is 5.56 Å². The molecular weight excluding hydrogens is 270 g/mol. The van der Waals surface area contributed by atoms with Gasteiger partial charge in [-0.05, 0) is 11.6 Å². The SMILES string of the molecule is COc1cc(N(CC(N)=O)Cc2ccccc2N)ncn1. The van der Waals surface area contributed by atoms with E-state index in [1.807, 2.05) is 18.2 Å². The van der Waals surface area contributed by atoms with Crippen LogP contribution in [0.3, 0.4) is 0 Å². The van der Waals surface area contributed by atoms with Gasteiger partial charge in [-0.2, -0.15) is 0 Å². The minimum absolute atomic E-state index is 0.0223. The lowest BCUT2D eigenvalue weighted by Crippen LogP contribution is -2.34. The number of carbonyl (C=O) groups is 1. The molecule has 4 N–H and O–H groups in total. The summed E-state index contributed by atoms with van der Waals surface area (Å²) in [4.78, 5) is 21.1. The van der Waals surface area contributed by atoms with E-state index in [0.29, 0.717) is 23.9 Å². The van der Waals surface area contributed by atoms with Crippen LogP contribution in [0.5, 0.6) is 5.88 Å². The highest BCUT2D eigenvalue weighted by Crippen LogP contribution is 2.20. The molecule has 0 aliphatic carbocycles. The average molecular weight is 287 g/mol. The van der Waals surface area contributed by atoms with Crippen LogP contribution < -0.4 is 21.1 Å². The van der Waals surface area contributed by atoms with Crippen LogP contribution in [0.25, 0.3) is 0 Å². The molecule has 1 amide bonds. The summed E-state index contributed by atoms with van der Waals surface area (Å²) in [7, 11) is 1.51. The van der Waals surface area contributed by atoms with Crippen molar-refractivity contribution in [3.63, 3.8) is 0 Å². The molecule has 1 aromatic carbocycles. The Morgan fingerprint density at radius 2 is 2.10 bits per heavy atom. The predicted molar refractivity (Wildman–Crippen MR) is 79.7 cm³/mol. The Balaban J connectivity index is 2.29. The third-order valence-electron chi connectivity index (χ3n) is 2.92. The number of nitrogens with two attached hydrogens (primary N) is 2. The molecule has 0 bridgehead atoms. The standard InChI is InChI=1S/C14H17N5O2/c1-21-14-6-13(17-9-18-14)19(8-12(16)20)7-10-4-2-3-5-11(10)15/h2-6,9H,7-8,15H2,1H3,(H2,16,20). The molecule has 0 atom stereocenters. The Bertz CT molecular complexity index is 632. The molecule has 21 heavy (non-hydrogen) atoms. The first kappa shape index (κ1) is 14.6. The first-order valence-electron chi connectivity index (χ1n) is 6.33. The monoisotopic (exact) mass is 287 g/mol. The molecule has 0 saturated carbocycles. The van der Waals surface area contributed by atoms with Gasteiger partial charge in [-0.25, -0.2) is 9.97 Å². The van der Waals surface area contributed by atoms with Gasteiger partial charge in [0.05, 0.1) is 13.7 Å². The topological polar surface area (TPSA) is 107 Å². The number of anilines is 2. The average Bonchev–Trinajstić information content (AvgIpc) is 2.48. The van der Waals surface area contributed by atoms with E-state index in [1.165, 1.54) is 13.4 Å². The molecule has 2 aromatic rings. The number of nitrogen functional groups attached to an aromatic ring is 1. The van der Waals surface area contributed by atoms with Crippen molar-refractivity contribution in [2.45, 2.75) is 6.54 Å². The van der Waals surface area contributed by atoms with Gasteiger partial charge in [0, 0.05) is 18.3 Å². The van der Waals surface area contributed by atoms with Gasteiger partial charge < -0.3 is 21.1 Å². The highest BCUT2D eigenvalue weighted by Gasteiger charge is 2.14. The number of rotatable bonds is 6. The lowest BCUT2D eigenvalue weighted by Gasteiger charge is -2.23. The molecule has 0 fully saturated rings. The summed E-state index contributed by atoms with van der Waals surface area (Å²) in [6.07, 6.45) is 1.37. The summed E-state index contributed by atoms with van der Waals surface area (Å²) in [6.45, 7) is 0.435. The van der Waals surface area contributed by atoms with Gasteiger partial charge in [0.2, 0.25) is 11.8 Å². The molecule has 0 aliphatic rings. The van der Waals surface area contributed by atoms with Crippen molar-refractivity contribution < 1.29 is 9.53 Å². The zero-order valence-corrected chi connectivity index (χ0v) is 11.7. The normalized spacial score (nSPS) is 10.1. The number of methoxy groups -OCH3 is 1. The summed E-state index contributed by atoms with van der Waals surface area (Å²) < 4.78 is 5.07. The second-order valence-corrected chi connectivity index (χ2v) is 4.44. The van der Waals surface area contributed by atoms with Crippen molar-refractivity contribution in [1.29, 1.82) is 0 Å². The van der Waals surface area contributed by atoms with Crippen LogP contribution in [0, 0.1) is 0 Å². The van der Waals surface area contributed by atoms with Crippen LogP contribution in [-0.2, 0) is 11.3 Å². The number of para-hydroxylation sites is 1. The number of primary amides is 1. The Kier molecular flexibility index (Phi) is 4.55. The number of hydrogen-bond donors (Lipinski definition) is 2. The van der Waals surface area contributed by atoms with E-state index in [2.05, 4.69) is 9.97 Å². The van der Waals surface area contributed by atoms with Crippen molar-refractivity contribution >= 4 is 17.4 Å². The van der Waals surface area contributed by atoms with Gasteiger partial charge in [-0.3, -0.25) is 4.79 Å². The molecular formula is C14H17N5O2. The van der Waals surface area contributed by atoms with Gasteiger partial charge in [-0.1, -0.05) is 18.2 Å². The molecule has 0 saturated heterocycles. The van der Waals surface area contributed by atoms with Gasteiger partial charge in [0.15, 0.2) is 0 Å². The van der Waals surface area contributed by atoms with Crippen molar-refractivity contribution in [2.75, 3.05) is 24.3 Å². The lowest BCUT2D eigenvalue weighted by molar-refractivity contribution is -0.116. The number of amides is 1. The summed E-state index contributed by atoms with van der Waals surface area (Å²) in [5.41, 5.74) is 12.8. The minimum Gasteiger partial charge on any atom is -0.481 e. The van der Waals surface area contributed by atoms with Gasteiger partial charge in [0.1, 0.15) is 12.1 Å². The molecule has 0 radical (unpaired) electrons. The quantitative estimate of drug-likeness (QED) is 0.752. The Morgan fingerprint density at radius 1 is 1.33 bits per heavy atom. The van der Waals surface area contributed by atoms with Gasteiger partial charge in [0.25, 0.3) is 0 Å². The number of ether oxygens (including phenoxy) is 1. The van der Waals surface area contributed by atoms with E-state index in [-0.39, 0.29) is 6.54 Å². The largest absolute Gasteiger partial charge is 0.481 e. The van der Waals surface area contributed by atoms with Crippen molar-refractivity contribution in [2.24, 2.45) is 5.73 Å². The number of hydrogen-bond acceptors (Lipinski definition) is 6. The molecule has 7 nitrogen and oxygen atoms in total. The van der Waals surface area contributed by atoms with Crippen LogP contribution in [0.1, 0.15) is 5.56 Å². The maximum absolute atomic E-state index is 11.3. The molecule has 0 unspecified atom stereocenters. The van der Waals surface area contributed by atoms with E-state index in [9.17, 15) is 4.79 Å². The minimum atomic E-state index is -0.456. The number of benzene rings is 1. The predicted octanol–water partition coefficient (Wildman–Crippen LogP) is 0.559. The molecule has 0 aliphatic heterocycles. The van der Waals surface area contributed by atoms with E-state index in [1.54, 1.807) is 17.0 Å². The van der Waals surface area contributed by atoms with Gasteiger partial charge in [-0.15, -0.1) is 0 Å². The highest BCUT2D eigenvalue weighted by atomic mass is 16.5. The van der Waals surface area contributed by atoms with Crippen molar-refractivity contribution in [1.82, 2.24) is 9.97 Å². The van der Waals surface area contributed by atoms with E-state index >= 15 is 0 Å². The fraction of sp³-hybridized carbons (Fsp3) is 0.214. The smallest absolute Gasteiger partial charge is 0.237 e. The van der Waals surface area contributed by atoms with Crippen LogP contribution in [0.2, 0.25) is 0 Å². The summed E-state index contributed by atoms with van der Waals surface area (Å²) in [5, 5.41) is 0. The number of carbonyl (C=O) groups excluding carboxylic acids is 1. The molecule has 1 aromatic heterocycles. The molecule has 110 valence electrons. The Hall–Kier alpha value is -2.83. The number of aromatic nitrogens is 2. The zero-order chi connectivity index (χ0) is 15.2. The third-order valence-corrected chi connectivity index (χ3v) is 2.92. The Morgan fingerprint density at radius 3 is 2.76 bits per heavy atom. The third kappa shape index (κ3) is 3.82. The molecule has 2 rings (SSSR count). The van der Waals surface area contributed by atoms with Crippen molar-refractivity contribution in [3.8, 4) is 5.88 Å². The van der Waals surface area contributed by atoms with E-state index in [4.69, 9.17) is 16.2 Å². The second kappa shape index (κ2) is 6.56. The second-order valence-electron chi connectivity index (χ2n) is 4.44. The van der Waals surface area contributed by atoms with Gasteiger partial charge >= 0.3 is 0 Å². The molecule has 0 spiro atoms. The summed E-state index contributed by atoms with van der Waals surface area (Å²) in [6, 6.07) is 9.07. The summed E-state index contributed by atoms with van der Waals surface area (Å²) >= 11 is 0. The maximum Gasteiger partial charge on any atom is 0.237 e. The lowest BCUT2D eigenvalue weighted by atomic mass is 10.1. The first-order chi connectivity index (χ1) is 10.1. The van der Waals surface area contributed by atoms with Crippen LogP contribution >= 0.6 is 0 Å². The van der Waals surface area contributed by atoms with Crippen LogP contribution in [-0.4, -0.2) is 29.5 Å². The first-order valence-corrected chi connectivity index (χ1v) is 6.33. The fourth-order valence-corrected chi connectivity index (χ4v) is 1.90. The van der Waals surface area contributed by atoms with E-state index < -0.39 is 5.91 Å². The summed E-state index contributed by atoms with van der Waals surface area (Å²) in [5.74, 6) is 0.501. The van der Waals surface area contributed by atoms with Crippen molar-refractivity contribution in [3.05, 3.63) is 42.2 Å². The molecule has 7 heteroatoms. The Labute approximate surface area is 122 Å². The highest BCUT2D eigenvalue weighted by molar-refractivity contribution is 5.79. The fourth-order valence-electron chi connectivity index (χ4n) is 1.90. The maximum atomic E-state index is 11.3. The van der Waals surface area contributed by atoms with Crippen LogP contribution in [0.4, 0.5) is 11.5 Å².